The van der Waals surface area contributed by atoms with Gasteiger partial charge in [-0.05, 0) is 24.1 Å². The minimum absolute atomic E-state index is 0.654. The Kier molecular flexibility index (Phi) is 3.01. The van der Waals surface area contributed by atoms with Gasteiger partial charge in [-0.2, -0.15) is 0 Å². The van der Waals surface area contributed by atoms with Gasteiger partial charge < -0.3 is 10.5 Å². The Hall–Kier alpha value is -1.06. The van der Waals surface area contributed by atoms with E-state index in [-0.39, 0.29) is 0 Å². The third kappa shape index (κ3) is 2.47. The van der Waals surface area contributed by atoms with Gasteiger partial charge in [0.25, 0.3) is 0 Å². The maximum Gasteiger partial charge on any atom is 0.0994 e. The number of likely N-dealkylation sites (tertiary alicyclic amines) is 1. The molecule has 1 aromatic carbocycles. The molecule has 0 amide bonds. The van der Waals surface area contributed by atoms with Gasteiger partial charge in [-0.15, -0.1) is 0 Å². The summed E-state index contributed by atoms with van der Waals surface area (Å²) >= 11 is 0. The Labute approximate surface area is 84.5 Å². The third-order valence-corrected chi connectivity index (χ3v) is 2.44. The zero-order chi connectivity index (χ0) is 9.80. The molecular weight excluding hydrogens is 176 g/mol. The highest BCUT2D eigenvalue weighted by atomic mass is 16.5. The quantitative estimate of drug-likeness (QED) is 0.734. The van der Waals surface area contributed by atoms with E-state index < -0.39 is 0 Å². The maximum atomic E-state index is 5.66. The van der Waals surface area contributed by atoms with Crippen molar-refractivity contribution in [1.29, 1.82) is 0 Å². The van der Waals surface area contributed by atoms with Crippen LogP contribution in [0.1, 0.15) is 12.0 Å². The Morgan fingerprint density at radius 1 is 1.36 bits per heavy atom. The Balaban J connectivity index is 1.74. The van der Waals surface area contributed by atoms with Gasteiger partial charge in [0.1, 0.15) is 0 Å². The van der Waals surface area contributed by atoms with Crippen LogP contribution >= 0.6 is 0 Å². The van der Waals surface area contributed by atoms with Crippen molar-refractivity contribution in [1.82, 2.24) is 4.90 Å². The van der Waals surface area contributed by atoms with Crippen molar-refractivity contribution < 1.29 is 4.74 Å². The fourth-order valence-corrected chi connectivity index (χ4v) is 1.49. The molecule has 1 aromatic rings. The summed E-state index contributed by atoms with van der Waals surface area (Å²) in [6.45, 7) is 3.75. The van der Waals surface area contributed by atoms with Crippen LogP contribution < -0.4 is 5.73 Å². The first-order chi connectivity index (χ1) is 6.84. The normalized spacial score (nSPS) is 16.6. The van der Waals surface area contributed by atoms with Gasteiger partial charge in [-0.3, -0.25) is 4.90 Å². The monoisotopic (exact) mass is 192 g/mol. The van der Waals surface area contributed by atoms with E-state index in [9.17, 15) is 0 Å². The van der Waals surface area contributed by atoms with Gasteiger partial charge in [-0.25, -0.2) is 0 Å². The summed E-state index contributed by atoms with van der Waals surface area (Å²) < 4.78 is 5.55. The van der Waals surface area contributed by atoms with Crippen molar-refractivity contribution >= 4 is 5.69 Å². The molecule has 0 atom stereocenters. The van der Waals surface area contributed by atoms with Gasteiger partial charge in [0, 0.05) is 18.8 Å². The van der Waals surface area contributed by atoms with E-state index in [1.165, 1.54) is 19.5 Å². The lowest BCUT2D eigenvalue weighted by Crippen LogP contribution is -2.38. The fourth-order valence-electron chi connectivity index (χ4n) is 1.49. The number of nitrogens with zero attached hydrogens (tertiary/aromatic N) is 1. The van der Waals surface area contributed by atoms with Gasteiger partial charge in [0.2, 0.25) is 0 Å². The number of benzene rings is 1. The molecule has 0 aliphatic carbocycles. The molecule has 3 nitrogen and oxygen atoms in total. The largest absolute Gasteiger partial charge is 0.399 e. The maximum absolute atomic E-state index is 5.66. The van der Waals surface area contributed by atoms with Crippen LogP contribution in [0.15, 0.2) is 24.3 Å². The first-order valence-electron chi connectivity index (χ1n) is 4.99. The molecule has 0 spiro atoms. The lowest BCUT2D eigenvalue weighted by molar-refractivity contribution is -0.0110. The summed E-state index contributed by atoms with van der Waals surface area (Å²) in [5.74, 6) is 0. The molecule has 1 aliphatic rings. The molecule has 1 aliphatic heterocycles. The highest BCUT2D eigenvalue weighted by Crippen LogP contribution is 2.09. The van der Waals surface area contributed by atoms with Crippen molar-refractivity contribution in [2.75, 3.05) is 25.6 Å². The predicted octanol–water partition coefficient (Wildman–Crippen LogP) is 1.45. The number of nitrogen functional groups attached to an aromatic ring is 1. The SMILES string of the molecule is Nc1cccc(COCN2CCC2)c1. The molecule has 3 heteroatoms. The van der Waals surface area contributed by atoms with Crippen LogP contribution in [0.3, 0.4) is 0 Å². The predicted molar refractivity (Wildman–Crippen MR) is 56.7 cm³/mol. The number of hydrogen-bond acceptors (Lipinski definition) is 3. The minimum atomic E-state index is 0.654. The van der Waals surface area contributed by atoms with E-state index in [1.54, 1.807) is 0 Å². The minimum Gasteiger partial charge on any atom is -0.399 e. The van der Waals surface area contributed by atoms with E-state index in [0.29, 0.717) is 6.61 Å². The summed E-state index contributed by atoms with van der Waals surface area (Å²) in [6, 6.07) is 7.83. The molecule has 2 N–H and O–H groups in total. The average molecular weight is 192 g/mol. The second-order valence-electron chi connectivity index (χ2n) is 3.69. The van der Waals surface area contributed by atoms with Crippen LogP contribution in [0.5, 0.6) is 0 Å². The molecule has 0 bridgehead atoms. The lowest BCUT2D eigenvalue weighted by atomic mass is 10.2. The van der Waals surface area contributed by atoms with Crippen molar-refractivity contribution in [3.63, 3.8) is 0 Å². The fraction of sp³-hybridized carbons (Fsp3) is 0.455. The first-order valence-corrected chi connectivity index (χ1v) is 4.99. The summed E-state index contributed by atoms with van der Waals surface area (Å²) in [5, 5.41) is 0. The highest BCUT2D eigenvalue weighted by molar-refractivity contribution is 5.40. The van der Waals surface area contributed by atoms with Crippen molar-refractivity contribution in [3.05, 3.63) is 29.8 Å². The molecule has 1 fully saturated rings. The molecule has 14 heavy (non-hydrogen) atoms. The lowest BCUT2D eigenvalue weighted by Gasteiger charge is -2.30. The topological polar surface area (TPSA) is 38.5 Å². The number of hydrogen-bond donors (Lipinski definition) is 1. The molecular formula is C11H16N2O. The van der Waals surface area contributed by atoms with Crippen LogP contribution in [0.4, 0.5) is 5.69 Å². The van der Waals surface area contributed by atoms with Crippen LogP contribution in [0.25, 0.3) is 0 Å². The first kappa shape index (κ1) is 9.49. The Morgan fingerprint density at radius 2 is 2.21 bits per heavy atom. The van der Waals surface area contributed by atoms with E-state index in [4.69, 9.17) is 10.5 Å². The zero-order valence-corrected chi connectivity index (χ0v) is 8.28. The summed E-state index contributed by atoms with van der Waals surface area (Å²) in [6.07, 6.45) is 1.31. The number of nitrogens with two attached hydrogens (primary N) is 1. The van der Waals surface area contributed by atoms with Crippen LogP contribution in [-0.4, -0.2) is 24.7 Å². The molecule has 1 heterocycles. The van der Waals surface area contributed by atoms with E-state index >= 15 is 0 Å². The highest BCUT2D eigenvalue weighted by Gasteiger charge is 2.12. The van der Waals surface area contributed by atoms with Gasteiger partial charge in [0.05, 0.1) is 13.3 Å². The zero-order valence-electron chi connectivity index (χ0n) is 8.28. The second kappa shape index (κ2) is 4.44. The molecule has 0 aromatic heterocycles. The molecule has 0 radical (unpaired) electrons. The summed E-state index contributed by atoms with van der Waals surface area (Å²) in [7, 11) is 0. The molecule has 0 saturated carbocycles. The van der Waals surface area contributed by atoms with Gasteiger partial charge >= 0.3 is 0 Å². The van der Waals surface area contributed by atoms with E-state index in [0.717, 1.165) is 18.0 Å². The van der Waals surface area contributed by atoms with Crippen LogP contribution in [-0.2, 0) is 11.3 Å². The van der Waals surface area contributed by atoms with Crippen molar-refractivity contribution in [2.45, 2.75) is 13.0 Å². The number of anilines is 1. The molecule has 1 saturated heterocycles. The van der Waals surface area contributed by atoms with Gasteiger partial charge in [-0.1, -0.05) is 12.1 Å². The number of ether oxygens (including phenoxy) is 1. The molecule has 0 unspecified atom stereocenters. The smallest absolute Gasteiger partial charge is 0.0994 e. The Bertz CT molecular complexity index is 297. The van der Waals surface area contributed by atoms with Crippen molar-refractivity contribution in [3.8, 4) is 0 Å². The number of rotatable bonds is 4. The summed E-state index contributed by atoms with van der Waals surface area (Å²) in [5.41, 5.74) is 7.61. The Morgan fingerprint density at radius 3 is 2.86 bits per heavy atom. The van der Waals surface area contributed by atoms with E-state index in [1.807, 2.05) is 24.3 Å². The molecule has 76 valence electrons. The van der Waals surface area contributed by atoms with Crippen molar-refractivity contribution in [2.24, 2.45) is 0 Å². The standard InChI is InChI=1S/C11H16N2O/c12-11-4-1-3-10(7-11)8-14-9-13-5-2-6-13/h1,3-4,7H,2,5-6,8-9,12H2. The second-order valence-corrected chi connectivity index (χ2v) is 3.69. The molecule has 2 rings (SSSR count). The average Bonchev–Trinajstić information content (AvgIpc) is 2.09. The van der Waals surface area contributed by atoms with E-state index in [2.05, 4.69) is 4.90 Å². The van der Waals surface area contributed by atoms with Crippen LogP contribution in [0, 0.1) is 0 Å². The van der Waals surface area contributed by atoms with Gasteiger partial charge in [0.15, 0.2) is 0 Å². The third-order valence-electron chi connectivity index (χ3n) is 2.44. The van der Waals surface area contributed by atoms with Crippen LogP contribution in [0.2, 0.25) is 0 Å². The summed E-state index contributed by atoms with van der Waals surface area (Å²) in [4.78, 5) is 2.28.